The molecule has 0 aromatic heterocycles. The van der Waals surface area contributed by atoms with Gasteiger partial charge in [-0.1, -0.05) is 50.6 Å². The normalized spacial score (nSPS) is 14.0. The number of alkyl halides is 2. The van der Waals surface area contributed by atoms with Gasteiger partial charge < -0.3 is 5.32 Å². The molecule has 1 aromatic carbocycles. The van der Waals surface area contributed by atoms with Crippen LogP contribution in [0.1, 0.15) is 45.1 Å². The zero-order valence-corrected chi connectivity index (χ0v) is 12.8. The van der Waals surface area contributed by atoms with Gasteiger partial charge in [0, 0.05) is 18.4 Å². The molecule has 4 heteroatoms. The summed E-state index contributed by atoms with van der Waals surface area (Å²) in [6, 6.07) is 10.1. The minimum absolute atomic E-state index is 0.0582. The monoisotopic (exact) mass is 297 g/mol. The van der Waals surface area contributed by atoms with Crippen molar-refractivity contribution in [3.63, 3.8) is 0 Å². The van der Waals surface area contributed by atoms with Crippen molar-refractivity contribution in [1.82, 2.24) is 5.32 Å². The Bertz CT molecular complexity index is 409. The molecule has 0 heterocycles. The first kappa shape index (κ1) is 17.6. The Morgan fingerprint density at radius 2 is 1.86 bits per heavy atom. The second-order valence-electron chi connectivity index (χ2n) is 5.55. The maximum absolute atomic E-state index is 12.3. The van der Waals surface area contributed by atoms with Crippen molar-refractivity contribution in [1.29, 1.82) is 0 Å². The van der Waals surface area contributed by atoms with E-state index >= 15 is 0 Å². The van der Waals surface area contributed by atoms with Crippen molar-refractivity contribution in [2.24, 2.45) is 5.92 Å². The molecule has 21 heavy (non-hydrogen) atoms. The maximum atomic E-state index is 12.3. The topological polar surface area (TPSA) is 29.1 Å². The van der Waals surface area contributed by atoms with Gasteiger partial charge >= 0.3 is 0 Å². The van der Waals surface area contributed by atoms with Crippen LogP contribution < -0.4 is 5.32 Å². The summed E-state index contributed by atoms with van der Waals surface area (Å²) in [5.41, 5.74) is 1.23. The highest BCUT2D eigenvalue weighted by atomic mass is 19.3. The van der Waals surface area contributed by atoms with Crippen molar-refractivity contribution in [3.8, 4) is 0 Å². The highest BCUT2D eigenvalue weighted by Gasteiger charge is 2.20. The van der Waals surface area contributed by atoms with Gasteiger partial charge in [0.1, 0.15) is 0 Å². The number of halogens is 2. The van der Waals surface area contributed by atoms with Crippen LogP contribution in [0.25, 0.3) is 0 Å². The Morgan fingerprint density at radius 3 is 2.43 bits per heavy atom. The smallest absolute Gasteiger partial charge is 0.239 e. The third kappa shape index (κ3) is 7.21. The van der Waals surface area contributed by atoms with E-state index in [1.54, 1.807) is 6.92 Å². The minimum atomic E-state index is -2.43. The van der Waals surface area contributed by atoms with Gasteiger partial charge in [0.25, 0.3) is 0 Å². The van der Waals surface area contributed by atoms with E-state index < -0.39 is 12.3 Å². The SMILES string of the molecule is CCCC(CCc1ccccc1)NC(=O)C(C)CC(F)F. The van der Waals surface area contributed by atoms with Crippen LogP contribution >= 0.6 is 0 Å². The van der Waals surface area contributed by atoms with Crippen molar-refractivity contribution >= 4 is 5.91 Å². The number of hydrogen-bond acceptors (Lipinski definition) is 1. The molecule has 1 aromatic rings. The third-order valence-electron chi connectivity index (χ3n) is 3.59. The molecule has 1 N–H and O–H groups in total. The lowest BCUT2D eigenvalue weighted by molar-refractivity contribution is -0.126. The van der Waals surface area contributed by atoms with Gasteiger partial charge in [-0.05, 0) is 24.8 Å². The van der Waals surface area contributed by atoms with E-state index in [1.165, 1.54) is 5.56 Å². The molecule has 0 aliphatic heterocycles. The zero-order valence-electron chi connectivity index (χ0n) is 12.8. The molecule has 0 spiro atoms. The molecular formula is C17H25F2NO. The number of benzene rings is 1. The van der Waals surface area contributed by atoms with Gasteiger partial charge in [0.2, 0.25) is 12.3 Å². The number of nitrogens with one attached hydrogen (secondary N) is 1. The molecule has 2 nitrogen and oxygen atoms in total. The molecule has 0 saturated carbocycles. The summed E-state index contributed by atoms with van der Waals surface area (Å²) in [5.74, 6) is -0.900. The second-order valence-corrected chi connectivity index (χ2v) is 5.55. The van der Waals surface area contributed by atoms with E-state index in [4.69, 9.17) is 0 Å². The van der Waals surface area contributed by atoms with E-state index in [1.807, 2.05) is 18.2 Å². The third-order valence-corrected chi connectivity index (χ3v) is 3.59. The van der Waals surface area contributed by atoms with Crippen LogP contribution in [-0.2, 0) is 11.2 Å². The van der Waals surface area contributed by atoms with Gasteiger partial charge in [-0.25, -0.2) is 8.78 Å². The van der Waals surface area contributed by atoms with Crippen molar-refractivity contribution in [2.75, 3.05) is 0 Å². The van der Waals surface area contributed by atoms with Gasteiger partial charge in [0.05, 0.1) is 0 Å². The Morgan fingerprint density at radius 1 is 1.19 bits per heavy atom. The lowest BCUT2D eigenvalue weighted by Crippen LogP contribution is -2.39. The summed E-state index contributed by atoms with van der Waals surface area (Å²) in [7, 11) is 0. The van der Waals surface area contributed by atoms with E-state index in [0.717, 1.165) is 25.7 Å². The van der Waals surface area contributed by atoms with Crippen LogP contribution in [0.4, 0.5) is 8.78 Å². The van der Waals surface area contributed by atoms with E-state index in [-0.39, 0.29) is 18.4 Å². The van der Waals surface area contributed by atoms with E-state index in [0.29, 0.717) is 0 Å². The van der Waals surface area contributed by atoms with Gasteiger partial charge in [-0.3, -0.25) is 4.79 Å². The van der Waals surface area contributed by atoms with Crippen molar-refractivity contribution in [3.05, 3.63) is 35.9 Å². The quantitative estimate of drug-likeness (QED) is 0.727. The van der Waals surface area contributed by atoms with Crippen LogP contribution in [0.3, 0.4) is 0 Å². The number of aryl methyl sites for hydroxylation is 1. The first-order valence-electron chi connectivity index (χ1n) is 7.65. The largest absolute Gasteiger partial charge is 0.353 e. The van der Waals surface area contributed by atoms with E-state index in [2.05, 4.69) is 24.4 Å². The zero-order chi connectivity index (χ0) is 15.7. The maximum Gasteiger partial charge on any atom is 0.239 e. The lowest BCUT2D eigenvalue weighted by Gasteiger charge is -2.20. The van der Waals surface area contributed by atoms with Crippen molar-refractivity contribution in [2.45, 2.75) is 58.4 Å². The Kier molecular flexibility index (Phi) is 7.95. The number of rotatable bonds is 9. The first-order valence-corrected chi connectivity index (χ1v) is 7.65. The molecule has 0 saturated heterocycles. The molecule has 0 radical (unpaired) electrons. The molecule has 0 aliphatic carbocycles. The molecule has 0 bridgehead atoms. The summed E-state index contributed by atoms with van der Waals surface area (Å²) >= 11 is 0. The molecule has 2 atom stereocenters. The predicted molar refractivity (Wildman–Crippen MR) is 81.4 cm³/mol. The fourth-order valence-electron chi connectivity index (χ4n) is 2.34. The van der Waals surface area contributed by atoms with Crippen LogP contribution in [0.15, 0.2) is 30.3 Å². The van der Waals surface area contributed by atoms with Gasteiger partial charge in [0.15, 0.2) is 0 Å². The Balaban J connectivity index is 2.47. The summed E-state index contributed by atoms with van der Waals surface area (Å²) in [4.78, 5) is 11.9. The standard InChI is InChI=1S/C17H25F2NO/c1-3-7-15(11-10-14-8-5-4-6-9-14)20-17(21)13(2)12-16(18)19/h4-6,8-9,13,15-16H,3,7,10-12H2,1-2H3,(H,20,21). The van der Waals surface area contributed by atoms with E-state index in [9.17, 15) is 13.6 Å². The van der Waals surface area contributed by atoms with Crippen LogP contribution in [-0.4, -0.2) is 18.4 Å². The molecule has 0 aliphatic rings. The Labute approximate surface area is 125 Å². The molecule has 0 fully saturated rings. The molecule has 118 valence electrons. The van der Waals surface area contributed by atoms with Crippen LogP contribution in [0, 0.1) is 5.92 Å². The highest BCUT2D eigenvalue weighted by molar-refractivity contribution is 5.78. The average molecular weight is 297 g/mol. The van der Waals surface area contributed by atoms with Crippen molar-refractivity contribution < 1.29 is 13.6 Å². The predicted octanol–water partition coefficient (Wildman–Crippen LogP) is 4.20. The molecular weight excluding hydrogens is 272 g/mol. The van der Waals surface area contributed by atoms with Gasteiger partial charge in [-0.2, -0.15) is 0 Å². The minimum Gasteiger partial charge on any atom is -0.353 e. The van der Waals surface area contributed by atoms with Crippen LogP contribution in [0.5, 0.6) is 0 Å². The fraction of sp³-hybridized carbons (Fsp3) is 0.588. The summed E-state index contributed by atoms with van der Waals surface area (Å²) in [6.07, 6.45) is 0.756. The number of carbonyl (C=O) groups is 1. The summed E-state index contributed by atoms with van der Waals surface area (Å²) < 4.78 is 24.6. The fourth-order valence-corrected chi connectivity index (χ4v) is 2.34. The molecule has 1 amide bonds. The summed E-state index contributed by atoms with van der Waals surface area (Å²) in [5, 5.41) is 2.92. The second kappa shape index (κ2) is 9.48. The number of hydrogen-bond donors (Lipinski definition) is 1. The molecule has 1 rings (SSSR count). The van der Waals surface area contributed by atoms with Crippen LogP contribution in [0.2, 0.25) is 0 Å². The Hall–Kier alpha value is -1.45. The molecule has 2 unspecified atom stereocenters. The number of amides is 1. The van der Waals surface area contributed by atoms with Gasteiger partial charge in [-0.15, -0.1) is 0 Å². The lowest BCUT2D eigenvalue weighted by atomic mass is 10.0. The average Bonchev–Trinajstić information content (AvgIpc) is 2.45. The highest BCUT2D eigenvalue weighted by Crippen LogP contribution is 2.13. The summed E-state index contributed by atoms with van der Waals surface area (Å²) in [6.45, 7) is 3.62. The number of carbonyl (C=O) groups excluding carboxylic acids is 1. The first-order chi connectivity index (χ1) is 10.0.